The highest BCUT2D eigenvalue weighted by molar-refractivity contribution is 6.32. The second-order valence-corrected chi connectivity index (χ2v) is 8.70. The Bertz CT molecular complexity index is 1360. The first-order chi connectivity index (χ1) is 17.4. The van der Waals surface area contributed by atoms with Crippen molar-refractivity contribution in [1.29, 1.82) is 0 Å². The summed E-state index contributed by atoms with van der Waals surface area (Å²) in [5.74, 6) is -0.338. The zero-order valence-electron chi connectivity index (χ0n) is 20.2. The molecule has 4 aromatic rings. The number of unbranched alkanes of at least 4 members (excludes halogenated alkanes) is 1. The number of rotatable bonds is 8. The van der Waals surface area contributed by atoms with Crippen LogP contribution in [-0.4, -0.2) is 26.8 Å². The van der Waals surface area contributed by atoms with Gasteiger partial charge in [0.25, 0.3) is 0 Å². The lowest BCUT2D eigenvalue weighted by Crippen LogP contribution is -2.13. The quantitative estimate of drug-likeness (QED) is 0.290. The van der Waals surface area contributed by atoms with Crippen LogP contribution in [0.5, 0.6) is 0 Å². The summed E-state index contributed by atoms with van der Waals surface area (Å²) in [5.41, 5.74) is 6.95. The Morgan fingerprint density at radius 1 is 0.972 bits per heavy atom. The molecule has 0 fully saturated rings. The Balaban J connectivity index is 0.00000115. The number of carbonyl (C=O) groups excluding carboxylic acids is 2. The van der Waals surface area contributed by atoms with Gasteiger partial charge in [0.1, 0.15) is 5.82 Å². The van der Waals surface area contributed by atoms with Gasteiger partial charge in [-0.25, -0.2) is 9.78 Å². The normalized spacial score (nSPS) is 10.3. The smallest absolute Gasteiger partial charge is 0.373 e. The number of carboxylic acid groups (broad SMARTS) is 1. The molecule has 0 unspecified atom stereocenters. The highest BCUT2D eigenvalue weighted by atomic mass is 35.5. The lowest BCUT2D eigenvalue weighted by molar-refractivity contribution is -0.191. The Morgan fingerprint density at radius 3 is 2.22 bits per heavy atom. The molecule has 3 aromatic carbocycles. The summed E-state index contributed by atoms with van der Waals surface area (Å²) >= 11 is 6.17. The number of aromatic carboxylic acids is 1. The van der Waals surface area contributed by atoms with Gasteiger partial charge in [-0.05, 0) is 52.8 Å². The van der Waals surface area contributed by atoms with Gasteiger partial charge in [-0.2, -0.15) is 9.59 Å². The molecule has 0 saturated heterocycles. The van der Waals surface area contributed by atoms with Crippen molar-refractivity contribution in [2.45, 2.75) is 39.7 Å². The number of halogens is 1. The fourth-order valence-corrected chi connectivity index (χ4v) is 4.36. The maximum atomic E-state index is 11.8. The molecule has 0 radical (unpaired) electrons. The predicted molar refractivity (Wildman–Crippen MR) is 139 cm³/mol. The molecule has 184 valence electrons. The predicted octanol–water partition coefficient (Wildman–Crippen LogP) is 6.68. The van der Waals surface area contributed by atoms with Crippen molar-refractivity contribution in [2.24, 2.45) is 0 Å². The van der Waals surface area contributed by atoms with Crippen molar-refractivity contribution in [3.05, 3.63) is 101 Å². The Hall–Kier alpha value is -3.99. The van der Waals surface area contributed by atoms with Crippen LogP contribution in [0.1, 0.15) is 47.2 Å². The van der Waals surface area contributed by atoms with E-state index in [1.807, 2.05) is 30.3 Å². The largest absolute Gasteiger partial charge is 0.476 e. The number of aromatic nitrogens is 2. The van der Waals surface area contributed by atoms with E-state index in [4.69, 9.17) is 21.2 Å². The van der Waals surface area contributed by atoms with Crippen LogP contribution in [0.25, 0.3) is 22.3 Å². The van der Waals surface area contributed by atoms with Gasteiger partial charge < -0.3 is 9.67 Å². The number of hydrogen-bond acceptors (Lipinski definition) is 4. The third kappa shape index (κ3) is 6.36. The van der Waals surface area contributed by atoms with E-state index < -0.39 is 5.97 Å². The molecule has 6 nitrogen and oxygen atoms in total. The molecule has 0 saturated carbocycles. The molecule has 4 rings (SSSR count). The number of imidazole rings is 1. The number of benzene rings is 3. The molecule has 0 spiro atoms. The molecule has 0 aliphatic heterocycles. The standard InChI is InChI=1S/C28H27ClN2O2.CO2/c1-3-4-10-25-30-27(29)26(28(32)33)31(25)18-20-12-15-22(16-13-20)24-17-23(14-11-19(24)2)21-8-6-5-7-9-21;2-1-3/h5-9,11-17H,3-4,10,18H2,1-2H3,(H,32,33);. The lowest BCUT2D eigenvalue weighted by atomic mass is 9.95. The number of aryl methyl sites for hydroxylation is 2. The fourth-order valence-electron chi connectivity index (χ4n) is 4.08. The number of carboxylic acids is 1. The molecule has 1 heterocycles. The van der Waals surface area contributed by atoms with Gasteiger partial charge in [-0.3, -0.25) is 0 Å². The van der Waals surface area contributed by atoms with Crippen LogP contribution < -0.4 is 0 Å². The van der Waals surface area contributed by atoms with Gasteiger partial charge in [0, 0.05) is 13.0 Å². The molecule has 7 heteroatoms. The zero-order chi connectivity index (χ0) is 26.1. The molecular weight excluding hydrogens is 476 g/mol. The molecule has 0 atom stereocenters. The SMILES string of the molecule is CCCCc1nc(Cl)c(C(=O)O)n1Cc1ccc(-c2cc(-c3ccccc3)ccc2C)cc1.O=C=O. The average molecular weight is 503 g/mol. The van der Waals surface area contributed by atoms with E-state index in [0.717, 1.165) is 29.8 Å². The van der Waals surface area contributed by atoms with Crippen LogP contribution in [0.4, 0.5) is 0 Å². The molecule has 0 amide bonds. The van der Waals surface area contributed by atoms with Crippen LogP contribution >= 0.6 is 11.6 Å². The second-order valence-electron chi connectivity index (χ2n) is 8.34. The third-order valence-corrected chi connectivity index (χ3v) is 6.17. The first-order valence-corrected chi connectivity index (χ1v) is 12.0. The van der Waals surface area contributed by atoms with Crippen molar-refractivity contribution >= 4 is 23.7 Å². The number of nitrogens with zero attached hydrogens (tertiary/aromatic N) is 2. The highest BCUT2D eigenvalue weighted by Crippen LogP contribution is 2.30. The fraction of sp³-hybridized carbons (Fsp3) is 0.207. The van der Waals surface area contributed by atoms with Crippen LogP contribution in [0.2, 0.25) is 5.15 Å². The van der Waals surface area contributed by atoms with E-state index in [1.165, 1.54) is 22.3 Å². The summed E-state index contributed by atoms with van der Waals surface area (Å²) in [6, 6.07) is 25.2. The summed E-state index contributed by atoms with van der Waals surface area (Å²) in [5, 5.41) is 9.72. The minimum Gasteiger partial charge on any atom is -0.476 e. The van der Waals surface area contributed by atoms with Crippen LogP contribution in [0.3, 0.4) is 0 Å². The van der Waals surface area contributed by atoms with Crippen LogP contribution in [0, 0.1) is 6.92 Å². The minimum atomic E-state index is -1.06. The molecule has 0 aliphatic carbocycles. The molecular formula is C29H27ClN2O4. The Labute approximate surface area is 215 Å². The molecule has 36 heavy (non-hydrogen) atoms. The van der Waals surface area contributed by atoms with Gasteiger partial charge in [0.2, 0.25) is 0 Å². The zero-order valence-corrected chi connectivity index (χ0v) is 21.0. The van der Waals surface area contributed by atoms with Crippen molar-refractivity contribution in [3.63, 3.8) is 0 Å². The Morgan fingerprint density at radius 2 is 1.61 bits per heavy atom. The van der Waals surface area contributed by atoms with E-state index in [2.05, 4.69) is 61.3 Å². The first kappa shape index (κ1) is 26.6. The van der Waals surface area contributed by atoms with Crippen molar-refractivity contribution in [2.75, 3.05) is 0 Å². The van der Waals surface area contributed by atoms with Crippen LogP contribution in [0.15, 0.2) is 72.8 Å². The van der Waals surface area contributed by atoms with E-state index >= 15 is 0 Å². The summed E-state index contributed by atoms with van der Waals surface area (Å²) in [6.45, 7) is 4.63. The Kier molecular flexibility index (Phi) is 9.34. The summed E-state index contributed by atoms with van der Waals surface area (Å²) in [7, 11) is 0. The van der Waals surface area contributed by atoms with E-state index in [1.54, 1.807) is 4.57 Å². The van der Waals surface area contributed by atoms with Gasteiger partial charge >= 0.3 is 12.1 Å². The highest BCUT2D eigenvalue weighted by Gasteiger charge is 2.21. The van der Waals surface area contributed by atoms with Crippen molar-refractivity contribution in [3.8, 4) is 22.3 Å². The van der Waals surface area contributed by atoms with E-state index in [-0.39, 0.29) is 17.0 Å². The van der Waals surface area contributed by atoms with Crippen LogP contribution in [-0.2, 0) is 22.6 Å². The van der Waals surface area contributed by atoms with Crippen molar-refractivity contribution < 1.29 is 19.5 Å². The monoisotopic (exact) mass is 502 g/mol. The van der Waals surface area contributed by atoms with E-state index in [9.17, 15) is 9.90 Å². The van der Waals surface area contributed by atoms with Crippen molar-refractivity contribution in [1.82, 2.24) is 9.55 Å². The van der Waals surface area contributed by atoms with Gasteiger partial charge in [-0.15, -0.1) is 0 Å². The van der Waals surface area contributed by atoms with E-state index in [0.29, 0.717) is 13.0 Å². The maximum absolute atomic E-state index is 11.8. The van der Waals surface area contributed by atoms with Gasteiger partial charge in [0.15, 0.2) is 10.8 Å². The van der Waals surface area contributed by atoms with Gasteiger partial charge in [0.05, 0.1) is 0 Å². The summed E-state index contributed by atoms with van der Waals surface area (Å²) in [6.07, 6.45) is 2.89. The lowest BCUT2D eigenvalue weighted by Gasteiger charge is -2.13. The molecule has 1 aromatic heterocycles. The second kappa shape index (κ2) is 12.6. The summed E-state index contributed by atoms with van der Waals surface area (Å²) in [4.78, 5) is 32.4. The maximum Gasteiger partial charge on any atom is 0.373 e. The third-order valence-electron chi connectivity index (χ3n) is 5.91. The average Bonchev–Trinajstić information content (AvgIpc) is 3.19. The van der Waals surface area contributed by atoms with Gasteiger partial charge in [-0.1, -0.05) is 91.7 Å². The molecule has 0 bridgehead atoms. The minimum absolute atomic E-state index is 0.0539. The topological polar surface area (TPSA) is 89.3 Å². The summed E-state index contributed by atoms with van der Waals surface area (Å²) < 4.78 is 1.73. The number of hydrogen-bond donors (Lipinski definition) is 1. The molecule has 0 aliphatic rings. The first-order valence-electron chi connectivity index (χ1n) is 11.6. The molecule has 1 N–H and O–H groups in total. The number of carbonyl (C=O) groups is 1.